The minimum absolute atomic E-state index is 0.107. The zero-order valence-corrected chi connectivity index (χ0v) is 11.0. The van der Waals surface area contributed by atoms with Gasteiger partial charge in [0.1, 0.15) is 4.34 Å². The van der Waals surface area contributed by atoms with Gasteiger partial charge in [0.05, 0.1) is 6.42 Å². The van der Waals surface area contributed by atoms with Crippen LogP contribution in [0.2, 0.25) is 4.34 Å². The third kappa shape index (κ3) is 2.72. The van der Waals surface area contributed by atoms with Gasteiger partial charge in [-0.15, -0.1) is 11.3 Å². The van der Waals surface area contributed by atoms with Crippen molar-refractivity contribution in [2.24, 2.45) is 0 Å². The van der Waals surface area contributed by atoms with Crippen molar-refractivity contribution in [3.05, 3.63) is 19.8 Å². The van der Waals surface area contributed by atoms with Gasteiger partial charge in [0, 0.05) is 14.8 Å². The van der Waals surface area contributed by atoms with Crippen molar-refractivity contribution in [2.75, 3.05) is 0 Å². The Morgan fingerprint density at radius 3 is 2.64 bits per heavy atom. The van der Waals surface area contributed by atoms with Gasteiger partial charge in [-0.2, -0.15) is 0 Å². The molecule has 5 heteroatoms. The zero-order valence-electron chi connectivity index (χ0n) is 7.80. The largest absolute Gasteiger partial charge is 0.481 e. The molecule has 0 fully saturated rings. The predicted octanol–water partition coefficient (Wildman–Crippen LogP) is 3.92. The van der Waals surface area contributed by atoms with Crippen LogP contribution >= 0.6 is 38.9 Å². The van der Waals surface area contributed by atoms with E-state index in [1.54, 1.807) is 0 Å². The summed E-state index contributed by atoms with van der Waals surface area (Å²) in [7, 11) is 0. The number of rotatable bonds is 3. The van der Waals surface area contributed by atoms with Gasteiger partial charge < -0.3 is 5.11 Å². The van der Waals surface area contributed by atoms with Crippen LogP contribution in [-0.2, 0) is 10.2 Å². The Balaban J connectivity index is 2.97. The fourth-order valence-electron chi connectivity index (χ4n) is 1.15. The standard InChI is InChI=1S/C9H10BrClO2S/c1-9(2,4-7(12)13)6-3-5(10)8(11)14-6/h3H,4H2,1-2H3,(H,12,13). The molecule has 0 saturated carbocycles. The van der Waals surface area contributed by atoms with Gasteiger partial charge in [0.2, 0.25) is 0 Å². The summed E-state index contributed by atoms with van der Waals surface area (Å²) < 4.78 is 1.50. The number of carbonyl (C=O) groups is 1. The fraction of sp³-hybridized carbons (Fsp3) is 0.444. The first kappa shape index (κ1) is 12.0. The summed E-state index contributed by atoms with van der Waals surface area (Å²) in [4.78, 5) is 11.6. The smallest absolute Gasteiger partial charge is 0.304 e. The number of thiophene rings is 1. The molecule has 0 aliphatic heterocycles. The van der Waals surface area contributed by atoms with Crippen LogP contribution in [0.1, 0.15) is 25.1 Å². The summed E-state index contributed by atoms with van der Waals surface area (Å²) in [5.74, 6) is -0.796. The first-order valence-electron chi connectivity index (χ1n) is 4.00. The SMILES string of the molecule is CC(C)(CC(=O)O)c1cc(Br)c(Cl)s1. The summed E-state index contributed by atoms with van der Waals surface area (Å²) >= 11 is 10.6. The summed E-state index contributed by atoms with van der Waals surface area (Å²) in [6, 6.07) is 1.88. The van der Waals surface area contributed by atoms with Gasteiger partial charge in [-0.1, -0.05) is 25.4 Å². The van der Waals surface area contributed by atoms with Crippen molar-refractivity contribution < 1.29 is 9.90 Å². The molecule has 1 rings (SSSR count). The summed E-state index contributed by atoms with van der Waals surface area (Å²) in [5, 5.41) is 8.75. The van der Waals surface area contributed by atoms with E-state index >= 15 is 0 Å². The predicted molar refractivity (Wildman–Crippen MR) is 62.3 cm³/mol. The zero-order chi connectivity index (χ0) is 10.9. The monoisotopic (exact) mass is 296 g/mol. The lowest BCUT2D eigenvalue weighted by Crippen LogP contribution is -2.20. The molecule has 0 saturated heterocycles. The van der Waals surface area contributed by atoms with E-state index in [9.17, 15) is 4.79 Å². The molecule has 1 aromatic rings. The molecular formula is C9H10BrClO2S. The van der Waals surface area contributed by atoms with Crippen molar-refractivity contribution in [2.45, 2.75) is 25.7 Å². The molecule has 0 aromatic carbocycles. The van der Waals surface area contributed by atoms with E-state index in [1.807, 2.05) is 19.9 Å². The van der Waals surface area contributed by atoms with Gasteiger partial charge in [-0.3, -0.25) is 4.79 Å². The molecule has 0 atom stereocenters. The Morgan fingerprint density at radius 1 is 1.71 bits per heavy atom. The van der Waals surface area contributed by atoms with Crippen LogP contribution in [0.4, 0.5) is 0 Å². The van der Waals surface area contributed by atoms with E-state index in [4.69, 9.17) is 16.7 Å². The van der Waals surface area contributed by atoms with Gasteiger partial charge in [-0.25, -0.2) is 0 Å². The quantitative estimate of drug-likeness (QED) is 0.918. The second-order valence-corrected chi connectivity index (χ2v) is 6.20. The highest BCUT2D eigenvalue weighted by Gasteiger charge is 2.26. The van der Waals surface area contributed by atoms with Crippen LogP contribution in [0, 0.1) is 0 Å². The van der Waals surface area contributed by atoms with Crippen molar-refractivity contribution in [1.82, 2.24) is 0 Å². The molecule has 0 amide bonds. The number of aliphatic carboxylic acids is 1. The second kappa shape index (κ2) is 4.21. The van der Waals surface area contributed by atoms with Crippen LogP contribution in [0.25, 0.3) is 0 Å². The van der Waals surface area contributed by atoms with E-state index in [-0.39, 0.29) is 11.8 Å². The molecule has 0 aliphatic carbocycles. The van der Waals surface area contributed by atoms with E-state index in [0.29, 0.717) is 4.34 Å². The molecule has 0 unspecified atom stereocenters. The highest BCUT2D eigenvalue weighted by atomic mass is 79.9. The summed E-state index contributed by atoms with van der Waals surface area (Å²) in [6.07, 6.45) is 0.107. The minimum Gasteiger partial charge on any atom is -0.481 e. The van der Waals surface area contributed by atoms with Gasteiger partial charge in [-0.05, 0) is 22.0 Å². The molecular weight excluding hydrogens is 288 g/mol. The molecule has 0 bridgehead atoms. The van der Waals surface area contributed by atoms with E-state index in [1.165, 1.54) is 11.3 Å². The molecule has 1 N–H and O–H groups in total. The Kier molecular flexibility index (Phi) is 3.61. The average molecular weight is 298 g/mol. The van der Waals surface area contributed by atoms with Crippen LogP contribution in [0.3, 0.4) is 0 Å². The van der Waals surface area contributed by atoms with Crippen LogP contribution < -0.4 is 0 Å². The van der Waals surface area contributed by atoms with Gasteiger partial charge in [0.25, 0.3) is 0 Å². The molecule has 0 aliphatic rings. The second-order valence-electron chi connectivity index (χ2n) is 3.69. The highest BCUT2D eigenvalue weighted by Crippen LogP contribution is 2.39. The van der Waals surface area contributed by atoms with E-state index < -0.39 is 5.97 Å². The minimum atomic E-state index is -0.796. The maximum absolute atomic E-state index is 10.6. The molecule has 78 valence electrons. The Bertz CT molecular complexity index is 340. The molecule has 0 radical (unpaired) electrons. The number of hydrogen-bond donors (Lipinski definition) is 1. The lowest BCUT2D eigenvalue weighted by Gasteiger charge is -2.20. The first-order valence-corrected chi connectivity index (χ1v) is 5.99. The Labute approximate surface area is 100 Å². The van der Waals surface area contributed by atoms with Gasteiger partial charge in [0.15, 0.2) is 0 Å². The maximum Gasteiger partial charge on any atom is 0.304 e. The topological polar surface area (TPSA) is 37.3 Å². The molecule has 1 heterocycles. The van der Waals surface area contributed by atoms with E-state index in [2.05, 4.69) is 15.9 Å². The van der Waals surface area contributed by atoms with Crippen molar-refractivity contribution >= 4 is 44.8 Å². The first-order chi connectivity index (χ1) is 6.33. The molecule has 0 spiro atoms. The third-order valence-electron chi connectivity index (χ3n) is 1.91. The number of halogens is 2. The van der Waals surface area contributed by atoms with Crippen LogP contribution in [0.5, 0.6) is 0 Å². The molecule has 14 heavy (non-hydrogen) atoms. The normalized spacial score (nSPS) is 11.7. The average Bonchev–Trinajstić information content (AvgIpc) is 2.30. The molecule has 1 aromatic heterocycles. The lowest BCUT2D eigenvalue weighted by molar-refractivity contribution is -0.138. The van der Waals surface area contributed by atoms with Crippen molar-refractivity contribution in [1.29, 1.82) is 0 Å². The fourth-order valence-corrected chi connectivity index (χ4v) is 2.95. The molecule has 2 nitrogen and oxygen atoms in total. The van der Waals surface area contributed by atoms with E-state index in [0.717, 1.165) is 9.35 Å². The lowest BCUT2D eigenvalue weighted by atomic mass is 9.88. The summed E-state index contributed by atoms with van der Waals surface area (Å²) in [5.41, 5.74) is -0.369. The third-order valence-corrected chi connectivity index (χ3v) is 4.75. The highest BCUT2D eigenvalue weighted by molar-refractivity contribution is 9.10. The number of carboxylic acid groups (broad SMARTS) is 1. The van der Waals surface area contributed by atoms with Crippen molar-refractivity contribution in [3.63, 3.8) is 0 Å². The van der Waals surface area contributed by atoms with Crippen molar-refractivity contribution in [3.8, 4) is 0 Å². The number of carboxylic acids is 1. The summed E-state index contributed by atoms with van der Waals surface area (Å²) in [6.45, 7) is 3.80. The van der Waals surface area contributed by atoms with Gasteiger partial charge >= 0.3 is 5.97 Å². The number of hydrogen-bond acceptors (Lipinski definition) is 2. The maximum atomic E-state index is 10.6. The Hall–Kier alpha value is -0.0600. The van der Waals surface area contributed by atoms with Crippen LogP contribution in [-0.4, -0.2) is 11.1 Å². The Morgan fingerprint density at radius 2 is 2.29 bits per heavy atom. The van der Waals surface area contributed by atoms with Crippen LogP contribution in [0.15, 0.2) is 10.5 Å².